The average molecular weight is 368 g/mol. The molecule has 1 heterocycles. The first kappa shape index (κ1) is 18.0. The molecule has 0 aliphatic carbocycles. The fourth-order valence-corrected chi connectivity index (χ4v) is 3.21. The van der Waals surface area contributed by atoms with Crippen molar-refractivity contribution in [2.75, 3.05) is 18.4 Å². The number of nitrogens with zero attached hydrogens (tertiary/aromatic N) is 2. The summed E-state index contributed by atoms with van der Waals surface area (Å²) in [5.74, 6) is -0.239. The summed E-state index contributed by atoms with van der Waals surface area (Å²) in [7, 11) is 0. The number of carbonyl (C=O) groups excluding carboxylic acids is 2. The lowest BCUT2D eigenvalue weighted by atomic mass is 9.95. The Balaban J connectivity index is 1.55. The third-order valence-corrected chi connectivity index (χ3v) is 4.74. The minimum absolute atomic E-state index is 0.0513. The number of piperidine rings is 1. The molecule has 3 rings (SSSR count). The maximum atomic E-state index is 12.5. The second-order valence-electron chi connectivity index (χ2n) is 6.26. The highest BCUT2D eigenvalue weighted by atomic mass is 35.5. The van der Waals surface area contributed by atoms with Gasteiger partial charge in [-0.3, -0.25) is 9.59 Å². The molecule has 0 bridgehead atoms. The molecule has 6 heteroatoms. The van der Waals surface area contributed by atoms with Crippen LogP contribution in [0.5, 0.6) is 0 Å². The molecule has 1 fully saturated rings. The maximum absolute atomic E-state index is 12.5. The van der Waals surface area contributed by atoms with E-state index in [0.717, 1.165) is 0 Å². The van der Waals surface area contributed by atoms with E-state index in [-0.39, 0.29) is 17.7 Å². The highest BCUT2D eigenvalue weighted by molar-refractivity contribution is 6.30. The number of amides is 2. The summed E-state index contributed by atoms with van der Waals surface area (Å²) in [6.45, 7) is 1.08. The lowest BCUT2D eigenvalue weighted by molar-refractivity contribution is -0.121. The summed E-state index contributed by atoms with van der Waals surface area (Å²) < 4.78 is 0. The van der Waals surface area contributed by atoms with E-state index in [1.165, 1.54) is 0 Å². The predicted octanol–water partition coefficient (Wildman–Crippen LogP) is 3.70. The summed E-state index contributed by atoms with van der Waals surface area (Å²) in [6.07, 6.45) is 1.24. The van der Waals surface area contributed by atoms with Crippen LogP contribution in [0.15, 0.2) is 48.5 Å². The van der Waals surface area contributed by atoms with Crippen LogP contribution < -0.4 is 5.32 Å². The van der Waals surface area contributed by atoms with Gasteiger partial charge < -0.3 is 10.2 Å². The molecule has 1 aliphatic rings. The third-order valence-electron chi connectivity index (χ3n) is 4.51. The molecular weight excluding hydrogens is 350 g/mol. The summed E-state index contributed by atoms with van der Waals surface area (Å²) in [5.41, 5.74) is 1.79. The average Bonchev–Trinajstić information content (AvgIpc) is 2.68. The third kappa shape index (κ3) is 4.22. The molecule has 1 N–H and O–H groups in total. The minimum Gasteiger partial charge on any atom is -0.339 e. The fraction of sp³-hybridized carbons (Fsp3) is 0.250. The number of anilines is 1. The Morgan fingerprint density at radius 3 is 2.42 bits per heavy atom. The monoisotopic (exact) mass is 367 g/mol. The summed E-state index contributed by atoms with van der Waals surface area (Å²) in [4.78, 5) is 26.7. The zero-order chi connectivity index (χ0) is 18.5. The van der Waals surface area contributed by atoms with Crippen molar-refractivity contribution in [3.63, 3.8) is 0 Å². The van der Waals surface area contributed by atoms with Gasteiger partial charge in [-0.05, 0) is 55.3 Å². The first-order chi connectivity index (χ1) is 12.6. The van der Waals surface area contributed by atoms with Gasteiger partial charge in [-0.2, -0.15) is 5.26 Å². The largest absolute Gasteiger partial charge is 0.339 e. The number of likely N-dealkylation sites (tertiary alicyclic amines) is 1. The van der Waals surface area contributed by atoms with Crippen LogP contribution in [0.2, 0.25) is 5.02 Å². The van der Waals surface area contributed by atoms with E-state index in [1.54, 1.807) is 53.4 Å². The van der Waals surface area contributed by atoms with Gasteiger partial charge in [-0.15, -0.1) is 0 Å². The van der Waals surface area contributed by atoms with Crippen molar-refractivity contribution >= 4 is 29.1 Å². The zero-order valence-electron chi connectivity index (χ0n) is 14.1. The highest BCUT2D eigenvalue weighted by Crippen LogP contribution is 2.22. The van der Waals surface area contributed by atoms with Gasteiger partial charge in [0.1, 0.15) is 0 Å². The van der Waals surface area contributed by atoms with E-state index in [9.17, 15) is 9.59 Å². The molecule has 2 aromatic rings. The van der Waals surface area contributed by atoms with Gasteiger partial charge in [0.15, 0.2) is 0 Å². The number of hydrogen-bond acceptors (Lipinski definition) is 3. The Labute approximate surface area is 157 Å². The second kappa shape index (κ2) is 8.03. The molecule has 1 saturated heterocycles. The first-order valence-electron chi connectivity index (χ1n) is 8.42. The van der Waals surface area contributed by atoms with Crippen molar-refractivity contribution in [1.29, 1.82) is 5.26 Å². The Hall–Kier alpha value is -2.84. The van der Waals surface area contributed by atoms with Crippen LogP contribution in [0.4, 0.5) is 5.69 Å². The lowest BCUT2D eigenvalue weighted by Crippen LogP contribution is -2.41. The Morgan fingerprint density at radius 1 is 1.12 bits per heavy atom. The van der Waals surface area contributed by atoms with Crippen molar-refractivity contribution < 1.29 is 9.59 Å². The number of rotatable bonds is 3. The van der Waals surface area contributed by atoms with Crippen molar-refractivity contribution in [2.24, 2.45) is 5.92 Å². The number of benzene rings is 2. The standard InChI is InChI=1S/C20H18ClN3O2/c21-17-3-1-2-16(12-17)20(26)24-10-8-15(9-11-24)19(25)23-18-6-4-14(13-22)5-7-18/h1-7,12,15H,8-11H2,(H,23,25). The van der Waals surface area contributed by atoms with Crippen LogP contribution >= 0.6 is 11.6 Å². The van der Waals surface area contributed by atoms with Crippen molar-refractivity contribution in [1.82, 2.24) is 4.90 Å². The Kier molecular flexibility index (Phi) is 5.55. The van der Waals surface area contributed by atoms with Crippen LogP contribution in [-0.2, 0) is 4.79 Å². The van der Waals surface area contributed by atoms with Gasteiger partial charge in [0.2, 0.25) is 5.91 Å². The Bertz CT molecular complexity index is 850. The Morgan fingerprint density at radius 2 is 1.81 bits per heavy atom. The van der Waals surface area contributed by atoms with Crippen molar-refractivity contribution in [2.45, 2.75) is 12.8 Å². The molecule has 0 unspecified atom stereocenters. The number of nitriles is 1. The molecule has 0 aromatic heterocycles. The fourth-order valence-electron chi connectivity index (χ4n) is 3.02. The van der Waals surface area contributed by atoms with Crippen LogP contribution in [-0.4, -0.2) is 29.8 Å². The molecule has 26 heavy (non-hydrogen) atoms. The van der Waals surface area contributed by atoms with Crippen LogP contribution in [0.1, 0.15) is 28.8 Å². The molecule has 0 saturated carbocycles. The van der Waals surface area contributed by atoms with E-state index in [1.807, 2.05) is 6.07 Å². The van der Waals surface area contributed by atoms with Gasteiger partial charge in [0, 0.05) is 35.3 Å². The molecule has 132 valence electrons. The molecule has 2 amide bonds. The quantitative estimate of drug-likeness (QED) is 0.898. The summed E-state index contributed by atoms with van der Waals surface area (Å²) >= 11 is 5.95. The second-order valence-corrected chi connectivity index (χ2v) is 6.69. The highest BCUT2D eigenvalue weighted by Gasteiger charge is 2.27. The number of carbonyl (C=O) groups is 2. The number of halogens is 1. The van der Waals surface area contributed by atoms with Crippen molar-refractivity contribution in [3.8, 4) is 6.07 Å². The predicted molar refractivity (Wildman–Crippen MR) is 99.9 cm³/mol. The number of nitrogens with one attached hydrogen (secondary N) is 1. The zero-order valence-corrected chi connectivity index (χ0v) is 14.9. The van der Waals surface area contributed by atoms with Gasteiger partial charge in [-0.25, -0.2) is 0 Å². The molecule has 0 radical (unpaired) electrons. The molecule has 5 nitrogen and oxygen atoms in total. The lowest BCUT2D eigenvalue weighted by Gasteiger charge is -2.31. The summed E-state index contributed by atoms with van der Waals surface area (Å²) in [5, 5.41) is 12.2. The SMILES string of the molecule is N#Cc1ccc(NC(=O)C2CCN(C(=O)c3cccc(Cl)c3)CC2)cc1. The van der Waals surface area contributed by atoms with Crippen LogP contribution in [0.25, 0.3) is 0 Å². The normalized spacial score (nSPS) is 14.5. The molecule has 0 atom stereocenters. The maximum Gasteiger partial charge on any atom is 0.253 e. The minimum atomic E-state index is -0.131. The van der Waals surface area contributed by atoms with Crippen LogP contribution in [0, 0.1) is 17.2 Å². The van der Waals surface area contributed by atoms with Crippen molar-refractivity contribution in [3.05, 3.63) is 64.7 Å². The number of hydrogen-bond donors (Lipinski definition) is 1. The van der Waals surface area contributed by atoms with E-state index >= 15 is 0 Å². The van der Waals surface area contributed by atoms with Gasteiger partial charge >= 0.3 is 0 Å². The molecule has 1 aliphatic heterocycles. The smallest absolute Gasteiger partial charge is 0.253 e. The molecule has 2 aromatic carbocycles. The van der Waals surface area contributed by atoms with E-state index in [4.69, 9.17) is 16.9 Å². The molecule has 0 spiro atoms. The van der Waals surface area contributed by atoms with Gasteiger partial charge in [0.05, 0.1) is 11.6 Å². The van der Waals surface area contributed by atoms with E-state index < -0.39 is 0 Å². The van der Waals surface area contributed by atoms with E-state index in [0.29, 0.717) is 47.8 Å². The van der Waals surface area contributed by atoms with Gasteiger partial charge in [0.25, 0.3) is 5.91 Å². The molecular formula is C20H18ClN3O2. The summed E-state index contributed by atoms with van der Waals surface area (Å²) in [6, 6.07) is 15.7. The van der Waals surface area contributed by atoms with Gasteiger partial charge in [-0.1, -0.05) is 17.7 Å². The van der Waals surface area contributed by atoms with Crippen LogP contribution in [0.3, 0.4) is 0 Å². The van der Waals surface area contributed by atoms with E-state index in [2.05, 4.69) is 5.32 Å². The first-order valence-corrected chi connectivity index (χ1v) is 8.80. The topological polar surface area (TPSA) is 73.2 Å².